The van der Waals surface area contributed by atoms with Crippen molar-refractivity contribution in [2.75, 3.05) is 5.32 Å². The van der Waals surface area contributed by atoms with E-state index in [1.807, 2.05) is 41.1 Å². The average Bonchev–Trinajstić information content (AvgIpc) is 3.01. The topological polar surface area (TPSA) is 34.0 Å². The molecule has 3 nitrogen and oxygen atoms in total. The molecule has 0 unspecified atom stereocenters. The van der Waals surface area contributed by atoms with E-state index in [2.05, 4.69) is 5.32 Å². The molecule has 102 valence electrons. The van der Waals surface area contributed by atoms with Crippen molar-refractivity contribution in [1.29, 1.82) is 0 Å². The van der Waals surface area contributed by atoms with Gasteiger partial charge in [-0.2, -0.15) is 0 Å². The number of hydrogen-bond acceptors (Lipinski definition) is 2. The van der Waals surface area contributed by atoms with Crippen LogP contribution in [0.3, 0.4) is 0 Å². The Kier molecular flexibility index (Phi) is 3.51. The molecule has 0 saturated carbocycles. The monoisotopic (exact) mass is 304 g/mol. The molecule has 0 saturated heterocycles. The molecule has 0 aliphatic carbocycles. The summed E-state index contributed by atoms with van der Waals surface area (Å²) >= 11 is 7.71. The first-order valence-corrected chi connectivity index (χ1v) is 7.59. The number of nitrogens with one attached hydrogen (secondary N) is 1. The summed E-state index contributed by atoms with van der Waals surface area (Å²) in [7, 11) is 0. The van der Waals surface area contributed by atoms with E-state index < -0.39 is 0 Å². The second-order valence-electron chi connectivity index (χ2n) is 4.38. The number of para-hydroxylation sites is 1. The smallest absolute Gasteiger partial charge is 0.272 e. The van der Waals surface area contributed by atoms with Crippen LogP contribution in [0, 0.1) is 0 Å². The molecule has 3 aromatic rings. The van der Waals surface area contributed by atoms with Gasteiger partial charge in [-0.25, -0.2) is 0 Å². The lowest BCUT2D eigenvalue weighted by Gasteiger charge is -2.09. The molecule has 5 heteroatoms. The number of carbonyl (C=O) groups excluding carboxylic acids is 1. The highest BCUT2D eigenvalue weighted by molar-refractivity contribution is 7.17. The molecule has 3 rings (SSSR count). The van der Waals surface area contributed by atoms with Crippen LogP contribution in [0.4, 0.5) is 5.69 Å². The van der Waals surface area contributed by atoms with Gasteiger partial charge < -0.3 is 9.88 Å². The highest BCUT2D eigenvalue weighted by atomic mass is 35.5. The van der Waals surface area contributed by atoms with Crippen molar-refractivity contribution in [1.82, 2.24) is 4.57 Å². The Labute approximate surface area is 125 Å². The summed E-state index contributed by atoms with van der Waals surface area (Å²) in [6.07, 6.45) is 0. The minimum absolute atomic E-state index is 0.136. The number of aromatic nitrogens is 1. The Bertz CT molecular complexity index is 775. The molecule has 20 heavy (non-hydrogen) atoms. The van der Waals surface area contributed by atoms with Gasteiger partial charge in [0.15, 0.2) is 0 Å². The molecule has 0 atom stereocenters. The van der Waals surface area contributed by atoms with Gasteiger partial charge in [-0.1, -0.05) is 23.7 Å². The van der Waals surface area contributed by atoms with Crippen LogP contribution in [0.2, 0.25) is 5.02 Å². The normalized spacial score (nSPS) is 10.9. The summed E-state index contributed by atoms with van der Waals surface area (Å²) in [5.41, 5.74) is 2.39. The fourth-order valence-corrected chi connectivity index (χ4v) is 3.26. The molecular weight excluding hydrogens is 292 g/mol. The second kappa shape index (κ2) is 5.31. The van der Waals surface area contributed by atoms with Crippen LogP contribution in [-0.4, -0.2) is 10.5 Å². The van der Waals surface area contributed by atoms with Gasteiger partial charge in [0.25, 0.3) is 5.91 Å². The molecule has 0 spiro atoms. The van der Waals surface area contributed by atoms with Crippen LogP contribution in [-0.2, 0) is 6.54 Å². The third-order valence-corrected chi connectivity index (χ3v) is 4.38. The van der Waals surface area contributed by atoms with E-state index in [0.29, 0.717) is 16.4 Å². The molecule has 0 radical (unpaired) electrons. The van der Waals surface area contributed by atoms with Crippen LogP contribution >= 0.6 is 22.9 Å². The van der Waals surface area contributed by atoms with Gasteiger partial charge in [-0.05, 0) is 36.6 Å². The van der Waals surface area contributed by atoms with Crippen molar-refractivity contribution in [2.45, 2.75) is 13.5 Å². The Balaban J connectivity index is 1.96. The van der Waals surface area contributed by atoms with E-state index in [9.17, 15) is 4.79 Å². The van der Waals surface area contributed by atoms with E-state index in [1.165, 1.54) is 0 Å². The minimum atomic E-state index is -0.136. The predicted octanol–water partition coefficient (Wildman–Crippen LogP) is 4.63. The summed E-state index contributed by atoms with van der Waals surface area (Å²) in [4.78, 5) is 12.4. The van der Waals surface area contributed by atoms with Gasteiger partial charge in [-0.3, -0.25) is 4.79 Å². The maximum absolute atomic E-state index is 12.4. The van der Waals surface area contributed by atoms with Gasteiger partial charge in [0.2, 0.25) is 0 Å². The molecular formula is C15H13ClN2OS. The minimum Gasteiger partial charge on any atom is -0.336 e. The summed E-state index contributed by atoms with van der Waals surface area (Å²) in [5, 5.41) is 5.44. The number of thiophene rings is 1. The highest BCUT2D eigenvalue weighted by Crippen LogP contribution is 2.27. The van der Waals surface area contributed by atoms with Crippen LogP contribution < -0.4 is 5.32 Å². The Morgan fingerprint density at radius 2 is 2.15 bits per heavy atom. The van der Waals surface area contributed by atoms with Crippen molar-refractivity contribution in [3.05, 3.63) is 52.5 Å². The number of halogens is 1. The standard InChI is InChI=1S/C15H13ClN2OS/c1-2-18-12-7-8-20-14(12)9-13(18)15(19)17-11-6-4-3-5-10(11)16/h3-9H,2H2,1H3,(H,17,19). The molecule has 2 heterocycles. The third kappa shape index (κ3) is 2.21. The molecule has 0 fully saturated rings. The number of amides is 1. The number of nitrogens with zero attached hydrogens (tertiary/aromatic N) is 1. The molecule has 0 aliphatic rings. The zero-order chi connectivity index (χ0) is 14.1. The summed E-state index contributed by atoms with van der Waals surface area (Å²) in [5.74, 6) is -0.136. The van der Waals surface area contributed by atoms with Crippen LogP contribution in [0.5, 0.6) is 0 Å². The SMILES string of the molecule is CCn1c(C(=O)Nc2ccccc2Cl)cc2sccc21. The van der Waals surface area contributed by atoms with Crippen LogP contribution in [0.15, 0.2) is 41.8 Å². The van der Waals surface area contributed by atoms with Gasteiger partial charge >= 0.3 is 0 Å². The van der Waals surface area contributed by atoms with E-state index in [0.717, 1.165) is 16.8 Å². The fourth-order valence-electron chi connectivity index (χ4n) is 2.25. The van der Waals surface area contributed by atoms with Crippen molar-refractivity contribution in [3.8, 4) is 0 Å². The molecule has 1 aromatic carbocycles. The molecule has 1 amide bonds. The van der Waals surface area contributed by atoms with Gasteiger partial charge in [0.05, 0.1) is 20.9 Å². The summed E-state index contributed by atoms with van der Waals surface area (Å²) < 4.78 is 3.13. The van der Waals surface area contributed by atoms with Crippen molar-refractivity contribution in [2.24, 2.45) is 0 Å². The fraction of sp³-hybridized carbons (Fsp3) is 0.133. The number of rotatable bonds is 3. The molecule has 0 aliphatic heterocycles. The van der Waals surface area contributed by atoms with Crippen molar-refractivity contribution < 1.29 is 4.79 Å². The average molecular weight is 305 g/mol. The zero-order valence-corrected chi connectivity index (χ0v) is 12.5. The number of anilines is 1. The first-order valence-electron chi connectivity index (χ1n) is 6.33. The quantitative estimate of drug-likeness (QED) is 0.752. The Morgan fingerprint density at radius 3 is 2.90 bits per heavy atom. The first-order chi connectivity index (χ1) is 9.70. The Morgan fingerprint density at radius 1 is 1.35 bits per heavy atom. The lowest BCUT2D eigenvalue weighted by Crippen LogP contribution is -2.16. The maximum Gasteiger partial charge on any atom is 0.272 e. The summed E-state index contributed by atoms with van der Waals surface area (Å²) in [6.45, 7) is 2.79. The molecule has 1 N–H and O–H groups in total. The van der Waals surface area contributed by atoms with Gasteiger partial charge in [0, 0.05) is 6.54 Å². The zero-order valence-electron chi connectivity index (χ0n) is 10.9. The number of hydrogen-bond donors (Lipinski definition) is 1. The largest absolute Gasteiger partial charge is 0.336 e. The number of benzene rings is 1. The van der Waals surface area contributed by atoms with Crippen molar-refractivity contribution >= 4 is 44.7 Å². The van der Waals surface area contributed by atoms with Gasteiger partial charge in [0.1, 0.15) is 5.69 Å². The van der Waals surface area contributed by atoms with E-state index >= 15 is 0 Å². The Hall–Kier alpha value is -1.78. The lowest BCUT2D eigenvalue weighted by atomic mass is 10.3. The number of fused-ring (bicyclic) bond motifs is 1. The third-order valence-electron chi connectivity index (χ3n) is 3.19. The predicted molar refractivity (Wildman–Crippen MR) is 84.9 cm³/mol. The van der Waals surface area contributed by atoms with Gasteiger partial charge in [-0.15, -0.1) is 11.3 Å². The summed E-state index contributed by atoms with van der Waals surface area (Å²) in [6, 6.07) is 11.2. The van der Waals surface area contributed by atoms with E-state index in [-0.39, 0.29) is 5.91 Å². The maximum atomic E-state index is 12.4. The van der Waals surface area contributed by atoms with Crippen LogP contribution in [0.1, 0.15) is 17.4 Å². The van der Waals surface area contributed by atoms with E-state index in [1.54, 1.807) is 23.5 Å². The first kappa shape index (κ1) is 13.2. The number of aryl methyl sites for hydroxylation is 1. The van der Waals surface area contributed by atoms with Crippen LogP contribution in [0.25, 0.3) is 10.2 Å². The second-order valence-corrected chi connectivity index (χ2v) is 5.73. The number of carbonyl (C=O) groups is 1. The van der Waals surface area contributed by atoms with Crippen molar-refractivity contribution in [3.63, 3.8) is 0 Å². The molecule has 2 aromatic heterocycles. The van der Waals surface area contributed by atoms with E-state index in [4.69, 9.17) is 11.6 Å². The lowest BCUT2D eigenvalue weighted by molar-refractivity contribution is 0.101. The molecule has 0 bridgehead atoms. The highest BCUT2D eigenvalue weighted by Gasteiger charge is 2.16.